The fraction of sp³-hybridized carbons (Fsp3) is 0. The van der Waals surface area contributed by atoms with Gasteiger partial charge < -0.3 is 9.97 Å². The maximum absolute atomic E-state index is 12.3. The van der Waals surface area contributed by atoms with Crippen LogP contribution in [-0.2, 0) is 30.4 Å². The molecule has 8 aromatic rings. The molecule has 21 heteroatoms. The van der Waals surface area contributed by atoms with Gasteiger partial charge in [0.2, 0.25) is 0 Å². The van der Waals surface area contributed by atoms with E-state index in [9.17, 15) is 38.9 Å². The Morgan fingerprint density at radius 2 is 0.883 bits per heavy atom. The molecule has 5 N–H and O–H groups in total. The topological polar surface area (TPSA) is 285 Å². The Hall–Kier alpha value is -7.32. The molecule has 294 valence electrons. The molecule has 0 amide bonds. The minimum absolute atomic E-state index is 0.00232. The highest BCUT2D eigenvalue weighted by Gasteiger charge is 2.26. The van der Waals surface area contributed by atoms with Crippen LogP contribution in [0.25, 0.3) is 89.7 Å². The summed E-state index contributed by atoms with van der Waals surface area (Å²) in [7, 11) is -14.1. The lowest BCUT2D eigenvalue weighted by molar-refractivity contribution is 0.481. The lowest BCUT2D eigenvalue weighted by Gasteiger charge is -2.02. The minimum Gasteiger partial charge on any atom is -0.324 e. The summed E-state index contributed by atoms with van der Waals surface area (Å²) < 4.78 is 104. The van der Waals surface area contributed by atoms with E-state index < -0.39 is 45.0 Å². The van der Waals surface area contributed by atoms with Crippen LogP contribution >= 0.6 is 0 Å². The number of aromatic amines is 2. The summed E-state index contributed by atoms with van der Waals surface area (Å²) in [4.78, 5) is 37.6. The number of nitrogens with one attached hydrogen (secondary N) is 2. The molecule has 8 bridgehead atoms. The number of aromatic nitrogens is 9. The summed E-state index contributed by atoms with van der Waals surface area (Å²) in [5, 5.41) is 1.48. The van der Waals surface area contributed by atoms with Gasteiger partial charge in [-0.1, -0.05) is 12.0 Å². The van der Waals surface area contributed by atoms with Crippen LogP contribution < -0.4 is 0 Å². The van der Waals surface area contributed by atoms with Crippen molar-refractivity contribution >= 4 is 74.5 Å². The Kier molecular flexibility index (Phi) is 8.07. The number of hydrogen-bond acceptors (Lipinski definition) is 13. The van der Waals surface area contributed by atoms with E-state index in [1.807, 2.05) is 6.07 Å². The van der Waals surface area contributed by atoms with Crippen LogP contribution in [0.3, 0.4) is 0 Å². The van der Waals surface area contributed by atoms with Gasteiger partial charge in [0.25, 0.3) is 30.4 Å². The van der Waals surface area contributed by atoms with Gasteiger partial charge in [-0.3, -0.25) is 13.7 Å². The molecular formula is C39H21N9O9S3. The first-order valence-electron chi connectivity index (χ1n) is 17.3. The Morgan fingerprint density at radius 1 is 0.433 bits per heavy atom. The summed E-state index contributed by atoms with van der Waals surface area (Å²) in [5.41, 5.74) is 2.60. The van der Waals surface area contributed by atoms with Crippen molar-refractivity contribution in [3.8, 4) is 57.4 Å². The highest BCUT2D eigenvalue weighted by atomic mass is 32.2. The third-order valence-corrected chi connectivity index (χ3v) is 12.2. The highest BCUT2D eigenvalue weighted by molar-refractivity contribution is 7.86. The second-order valence-electron chi connectivity index (χ2n) is 13.4. The number of fused-ring (bicyclic) bond motifs is 20. The van der Waals surface area contributed by atoms with Crippen molar-refractivity contribution in [3.63, 3.8) is 0 Å². The smallest absolute Gasteiger partial charge is 0.294 e. The van der Waals surface area contributed by atoms with E-state index in [-0.39, 0.29) is 68.0 Å². The normalized spacial score (nSPS) is 12.5. The molecule has 6 heterocycles. The van der Waals surface area contributed by atoms with Crippen LogP contribution in [0.2, 0.25) is 0 Å². The zero-order valence-electron chi connectivity index (χ0n) is 29.9. The van der Waals surface area contributed by atoms with Crippen LogP contribution in [0.5, 0.6) is 0 Å². The van der Waals surface area contributed by atoms with Gasteiger partial charge in [-0.25, -0.2) is 34.9 Å². The zero-order chi connectivity index (χ0) is 41.7. The largest absolute Gasteiger partial charge is 0.324 e. The number of rotatable bonds is 3. The van der Waals surface area contributed by atoms with E-state index in [0.29, 0.717) is 33.0 Å². The van der Waals surface area contributed by atoms with Crippen LogP contribution in [0.4, 0.5) is 0 Å². The van der Waals surface area contributed by atoms with Crippen molar-refractivity contribution < 1.29 is 38.9 Å². The average molecular weight is 856 g/mol. The van der Waals surface area contributed by atoms with E-state index in [1.54, 1.807) is 36.5 Å². The first-order valence-corrected chi connectivity index (χ1v) is 21.6. The van der Waals surface area contributed by atoms with E-state index in [4.69, 9.17) is 24.9 Å². The molecule has 4 aromatic heterocycles. The second kappa shape index (κ2) is 13.1. The summed E-state index contributed by atoms with van der Waals surface area (Å²) >= 11 is 0. The van der Waals surface area contributed by atoms with Gasteiger partial charge in [-0.15, -0.1) is 0 Å². The van der Waals surface area contributed by atoms with Gasteiger partial charge in [0.1, 0.15) is 28.3 Å². The van der Waals surface area contributed by atoms with Gasteiger partial charge in [-0.2, -0.15) is 25.3 Å². The first kappa shape index (κ1) is 37.0. The second-order valence-corrected chi connectivity index (χ2v) is 17.6. The Morgan fingerprint density at radius 3 is 1.38 bits per heavy atom. The van der Waals surface area contributed by atoms with Gasteiger partial charge in [-0.05, 0) is 90.8 Å². The molecule has 0 aliphatic carbocycles. The molecule has 0 spiro atoms. The third kappa shape index (κ3) is 6.41. The monoisotopic (exact) mass is 855 g/mol. The zero-order valence-corrected chi connectivity index (χ0v) is 32.3. The fourth-order valence-corrected chi connectivity index (χ4v) is 8.38. The van der Waals surface area contributed by atoms with Gasteiger partial charge in [0.05, 0.1) is 14.7 Å². The van der Waals surface area contributed by atoms with Gasteiger partial charge >= 0.3 is 0 Å². The van der Waals surface area contributed by atoms with Crippen LogP contribution in [0.15, 0.2) is 112 Å². The van der Waals surface area contributed by atoms with Crippen LogP contribution in [0.1, 0.15) is 11.3 Å². The minimum atomic E-state index is -4.70. The third-order valence-electron chi connectivity index (χ3n) is 9.64. The van der Waals surface area contributed by atoms with Crippen LogP contribution in [-0.4, -0.2) is 83.8 Å². The molecule has 10 rings (SSSR count). The molecule has 18 nitrogen and oxygen atoms in total. The number of pyridine rings is 1. The summed E-state index contributed by atoms with van der Waals surface area (Å²) in [6.45, 7) is 0. The molecule has 0 saturated carbocycles. The average Bonchev–Trinajstić information content (AvgIpc) is 3.94. The Bertz CT molecular complexity index is 3790. The fourth-order valence-electron chi connectivity index (χ4n) is 6.86. The highest BCUT2D eigenvalue weighted by Crippen LogP contribution is 2.39. The standard InChI is InChI=1S/C39H21N9O9S3/c49-58(50,51)21-7-11-25-29(16-21)38-44-33(25)42-36-28-15-19(4-6-20-3-1-2-14-40-20)5-10-24(28)32(41-36)43-37-30-17-22(59(52,53)54)8-12-26(30)34(45-37)47-39-31-18-23(60(55,56)57)9-13-27(31)35(46-38)48-39/h1-3,5,7-18H,(H,49,50,51)(H,52,53,54)(H,55,56,57)(H2,41,42,43,44,45,46,47,48). The lowest BCUT2D eigenvalue weighted by atomic mass is 10.1. The molecule has 0 unspecified atom stereocenters. The molecule has 2 aliphatic rings. The molecule has 4 aromatic carbocycles. The molecule has 2 aliphatic heterocycles. The van der Waals surface area contributed by atoms with Crippen molar-refractivity contribution in [1.82, 2.24) is 44.9 Å². The van der Waals surface area contributed by atoms with Crippen molar-refractivity contribution in [2.45, 2.75) is 14.7 Å². The molecule has 0 atom stereocenters. The van der Waals surface area contributed by atoms with Gasteiger partial charge in [0.15, 0.2) is 23.3 Å². The quantitative estimate of drug-likeness (QED) is 0.110. The number of H-pyrrole nitrogens is 2. The predicted octanol–water partition coefficient (Wildman–Crippen LogP) is 5.40. The summed E-state index contributed by atoms with van der Waals surface area (Å²) in [6, 6.07) is 21.8. The number of hydrogen-bond donors (Lipinski definition) is 5. The van der Waals surface area contributed by atoms with Crippen molar-refractivity contribution in [1.29, 1.82) is 0 Å². The number of benzene rings is 4. The lowest BCUT2D eigenvalue weighted by Crippen LogP contribution is -1.98. The molecule has 60 heavy (non-hydrogen) atoms. The molecule has 0 radical (unpaired) electrons. The molecular weight excluding hydrogens is 835 g/mol. The van der Waals surface area contributed by atoms with Gasteiger partial charge in [0, 0.05) is 55.6 Å². The predicted molar refractivity (Wildman–Crippen MR) is 216 cm³/mol. The van der Waals surface area contributed by atoms with Crippen molar-refractivity contribution in [2.24, 2.45) is 0 Å². The van der Waals surface area contributed by atoms with Crippen molar-refractivity contribution in [3.05, 3.63) is 108 Å². The van der Waals surface area contributed by atoms with E-state index in [0.717, 1.165) is 18.2 Å². The Balaban J connectivity index is 1.36. The maximum Gasteiger partial charge on any atom is 0.294 e. The maximum atomic E-state index is 12.3. The SMILES string of the molecule is O=S(=O)(O)c1ccc2c(c1)-c1nc-2nc2[nH]c(nc3nc(nc4[nH]c(n1)c1ccc(C#Cc5ccccn5)cc41)-c1ccc(S(=O)(=O)O)cc1-3)c1ccc(S(=O)(=O)O)cc21. The van der Waals surface area contributed by atoms with Crippen molar-refractivity contribution in [2.75, 3.05) is 0 Å². The Labute approximate surface area is 337 Å². The first-order chi connectivity index (χ1) is 28.6. The number of nitrogens with zero attached hydrogens (tertiary/aromatic N) is 7. The van der Waals surface area contributed by atoms with E-state index in [2.05, 4.69) is 31.8 Å². The van der Waals surface area contributed by atoms with Crippen LogP contribution in [0, 0.1) is 11.8 Å². The molecule has 0 saturated heterocycles. The van der Waals surface area contributed by atoms with E-state index in [1.165, 1.54) is 36.4 Å². The summed E-state index contributed by atoms with van der Waals surface area (Å²) in [5.74, 6) is 6.12. The van der Waals surface area contributed by atoms with E-state index >= 15 is 0 Å². The summed E-state index contributed by atoms with van der Waals surface area (Å²) in [6.07, 6.45) is 1.62. The molecule has 0 fully saturated rings.